The second-order valence-corrected chi connectivity index (χ2v) is 8.89. The summed E-state index contributed by atoms with van der Waals surface area (Å²) in [5, 5.41) is 0.738. The van der Waals surface area contributed by atoms with E-state index in [0.717, 1.165) is 33.2 Å². The number of hydrogen-bond donors (Lipinski definition) is 0. The van der Waals surface area contributed by atoms with Crippen LogP contribution in [0.4, 0.5) is 5.13 Å². The molecule has 0 bridgehead atoms. The van der Waals surface area contributed by atoms with Crippen LogP contribution in [0, 0.1) is 0 Å². The molecule has 4 nitrogen and oxygen atoms in total. The molecule has 0 atom stereocenters. The van der Waals surface area contributed by atoms with E-state index in [4.69, 9.17) is 4.98 Å². The van der Waals surface area contributed by atoms with Crippen molar-refractivity contribution in [2.45, 2.75) is 25.6 Å². The summed E-state index contributed by atoms with van der Waals surface area (Å²) in [4.78, 5) is 24.3. The Morgan fingerprint density at radius 2 is 1.87 bits per heavy atom. The normalized spacial score (nSPS) is 11.0. The first-order chi connectivity index (χ1) is 14.7. The predicted molar refractivity (Wildman–Crippen MR) is 127 cm³/mol. The van der Waals surface area contributed by atoms with E-state index >= 15 is 0 Å². The van der Waals surface area contributed by atoms with Gasteiger partial charge in [0, 0.05) is 11.9 Å². The first-order valence-corrected chi connectivity index (χ1v) is 11.9. The van der Waals surface area contributed by atoms with Gasteiger partial charge in [-0.15, -0.1) is 11.8 Å². The van der Waals surface area contributed by atoms with Crippen LogP contribution in [0.15, 0.2) is 72.9 Å². The Kier molecular flexibility index (Phi) is 6.77. The number of thiazole rings is 1. The Hall–Kier alpha value is -2.70. The molecule has 30 heavy (non-hydrogen) atoms. The van der Waals surface area contributed by atoms with Crippen LogP contribution in [0.3, 0.4) is 0 Å². The van der Waals surface area contributed by atoms with Crippen molar-refractivity contribution in [1.29, 1.82) is 0 Å². The topological polar surface area (TPSA) is 46.1 Å². The summed E-state index contributed by atoms with van der Waals surface area (Å²) in [6.07, 6.45) is 2.68. The molecule has 4 aromatic rings. The third kappa shape index (κ3) is 4.89. The van der Waals surface area contributed by atoms with Crippen LogP contribution in [0.25, 0.3) is 10.2 Å². The molecule has 0 aliphatic rings. The number of carbonyl (C=O) groups is 1. The van der Waals surface area contributed by atoms with Gasteiger partial charge in [0.25, 0.3) is 0 Å². The van der Waals surface area contributed by atoms with Crippen molar-refractivity contribution in [1.82, 2.24) is 9.97 Å². The lowest BCUT2D eigenvalue weighted by atomic mass is 10.1. The smallest absolute Gasteiger partial charge is 0.239 e. The molecule has 0 spiro atoms. The minimum Gasteiger partial charge on any atom is -0.281 e. The van der Waals surface area contributed by atoms with Gasteiger partial charge in [0.05, 0.1) is 28.2 Å². The lowest BCUT2D eigenvalue weighted by molar-refractivity contribution is -0.116. The molecular formula is C24H23N3OS2. The molecule has 2 aromatic carbocycles. The molecule has 6 heteroatoms. The molecule has 0 unspecified atom stereocenters. The molecule has 0 N–H and O–H groups in total. The molecule has 0 aliphatic carbocycles. The van der Waals surface area contributed by atoms with E-state index in [0.29, 0.717) is 12.3 Å². The summed E-state index contributed by atoms with van der Waals surface area (Å²) in [6.45, 7) is 2.55. The van der Waals surface area contributed by atoms with Gasteiger partial charge >= 0.3 is 0 Å². The van der Waals surface area contributed by atoms with Crippen molar-refractivity contribution in [3.05, 3.63) is 89.7 Å². The maximum absolute atomic E-state index is 13.2. The van der Waals surface area contributed by atoms with Crippen LogP contribution < -0.4 is 4.90 Å². The molecule has 0 radical (unpaired) electrons. The van der Waals surface area contributed by atoms with Crippen LogP contribution in [0.1, 0.15) is 23.7 Å². The van der Waals surface area contributed by atoms with Crippen LogP contribution in [-0.4, -0.2) is 21.6 Å². The molecule has 1 amide bonds. The number of carbonyl (C=O) groups excluding carboxylic acids is 1. The number of benzene rings is 2. The monoisotopic (exact) mass is 433 g/mol. The van der Waals surface area contributed by atoms with Crippen molar-refractivity contribution in [2.24, 2.45) is 0 Å². The number of nitrogens with zero attached hydrogens (tertiary/aromatic N) is 3. The van der Waals surface area contributed by atoms with Gasteiger partial charge < -0.3 is 0 Å². The van der Waals surface area contributed by atoms with E-state index in [9.17, 15) is 4.79 Å². The number of anilines is 1. The molecule has 4 rings (SSSR count). The maximum atomic E-state index is 13.2. The zero-order chi connectivity index (χ0) is 20.8. The highest BCUT2D eigenvalue weighted by molar-refractivity contribution is 7.99. The summed E-state index contributed by atoms with van der Waals surface area (Å²) in [7, 11) is 0. The molecule has 2 heterocycles. The Bertz CT molecular complexity index is 1110. The third-order valence-corrected chi connectivity index (χ3v) is 6.82. The minimum absolute atomic E-state index is 0.0543. The number of hydrogen-bond acceptors (Lipinski definition) is 5. The first kappa shape index (κ1) is 20.6. The number of aryl methyl sites for hydroxylation is 1. The third-order valence-electron chi connectivity index (χ3n) is 4.79. The van der Waals surface area contributed by atoms with Gasteiger partial charge in [-0.3, -0.25) is 14.7 Å². The van der Waals surface area contributed by atoms with E-state index in [1.165, 1.54) is 11.1 Å². The summed E-state index contributed by atoms with van der Waals surface area (Å²) in [5.41, 5.74) is 4.28. The van der Waals surface area contributed by atoms with Crippen LogP contribution in [0.2, 0.25) is 0 Å². The second kappa shape index (κ2) is 9.87. The van der Waals surface area contributed by atoms with Gasteiger partial charge in [-0.2, -0.15) is 0 Å². The average Bonchev–Trinajstić information content (AvgIpc) is 3.23. The predicted octanol–water partition coefficient (Wildman–Crippen LogP) is 5.72. The zero-order valence-electron chi connectivity index (χ0n) is 16.8. The lowest BCUT2D eigenvalue weighted by Crippen LogP contribution is -2.32. The molecular weight excluding hydrogens is 410 g/mol. The van der Waals surface area contributed by atoms with Gasteiger partial charge in [-0.1, -0.05) is 66.8 Å². The Morgan fingerprint density at radius 3 is 2.63 bits per heavy atom. The number of aromatic nitrogens is 2. The van der Waals surface area contributed by atoms with Crippen LogP contribution in [-0.2, 0) is 23.5 Å². The maximum Gasteiger partial charge on any atom is 0.239 e. The molecule has 0 aliphatic heterocycles. The average molecular weight is 434 g/mol. The van der Waals surface area contributed by atoms with Gasteiger partial charge in [-0.05, 0) is 35.7 Å². The number of rotatable bonds is 8. The summed E-state index contributed by atoms with van der Waals surface area (Å²) in [6, 6.07) is 22.2. The number of thioether (sulfide) groups is 1. The fourth-order valence-corrected chi connectivity index (χ4v) is 5.11. The molecule has 0 saturated carbocycles. The van der Waals surface area contributed by atoms with Gasteiger partial charge in [0.1, 0.15) is 0 Å². The SMILES string of the molecule is CCc1cccc2sc(N(Cc3ccccn3)C(=O)CSCc3ccccc3)nc12. The summed E-state index contributed by atoms with van der Waals surface area (Å²) in [5.74, 6) is 1.26. The van der Waals surface area contributed by atoms with E-state index in [1.54, 1.807) is 34.2 Å². The zero-order valence-corrected chi connectivity index (χ0v) is 18.5. The van der Waals surface area contributed by atoms with Gasteiger partial charge in [-0.25, -0.2) is 4.98 Å². The minimum atomic E-state index is 0.0543. The fraction of sp³-hybridized carbons (Fsp3) is 0.208. The number of amides is 1. The number of fused-ring (bicyclic) bond motifs is 1. The summed E-state index contributed by atoms with van der Waals surface area (Å²) < 4.78 is 1.11. The van der Waals surface area contributed by atoms with Crippen molar-refractivity contribution < 1.29 is 4.79 Å². The van der Waals surface area contributed by atoms with Crippen LogP contribution >= 0.6 is 23.1 Å². The Balaban J connectivity index is 1.57. The number of pyridine rings is 1. The van der Waals surface area contributed by atoms with Crippen molar-refractivity contribution >= 4 is 44.4 Å². The molecule has 2 aromatic heterocycles. The van der Waals surface area contributed by atoms with E-state index in [1.807, 2.05) is 36.4 Å². The van der Waals surface area contributed by atoms with Gasteiger partial charge in [0.15, 0.2) is 5.13 Å². The fourth-order valence-electron chi connectivity index (χ4n) is 3.22. The number of para-hydroxylation sites is 1. The molecule has 0 fully saturated rings. The van der Waals surface area contributed by atoms with Crippen molar-refractivity contribution in [2.75, 3.05) is 10.7 Å². The summed E-state index contributed by atoms with van der Waals surface area (Å²) >= 11 is 3.20. The Labute approximate surface area is 185 Å². The van der Waals surface area contributed by atoms with E-state index in [-0.39, 0.29) is 5.91 Å². The van der Waals surface area contributed by atoms with E-state index < -0.39 is 0 Å². The highest BCUT2D eigenvalue weighted by Gasteiger charge is 2.21. The molecule has 0 saturated heterocycles. The van der Waals surface area contributed by atoms with Crippen molar-refractivity contribution in [3.63, 3.8) is 0 Å². The van der Waals surface area contributed by atoms with Crippen molar-refractivity contribution in [3.8, 4) is 0 Å². The quantitative estimate of drug-likeness (QED) is 0.356. The largest absolute Gasteiger partial charge is 0.281 e. The Morgan fingerprint density at radius 1 is 1.03 bits per heavy atom. The highest BCUT2D eigenvalue weighted by atomic mass is 32.2. The van der Waals surface area contributed by atoms with E-state index in [2.05, 4.69) is 42.2 Å². The van der Waals surface area contributed by atoms with Crippen LogP contribution in [0.5, 0.6) is 0 Å². The standard InChI is InChI=1S/C24H23N3OS2/c1-2-19-11-8-13-21-23(19)26-24(30-21)27(15-20-12-6-7-14-25-20)22(28)17-29-16-18-9-4-3-5-10-18/h3-14H,2,15-17H2,1H3. The van der Waals surface area contributed by atoms with Gasteiger partial charge in [0.2, 0.25) is 5.91 Å². The first-order valence-electron chi connectivity index (χ1n) is 9.95. The molecule has 152 valence electrons. The lowest BCUT2D eigenvalue weighted by Gasteiger charge is -2.19. The second-order valence-electron chi connectivity index (χ2n) is 6.89. The highest BCUT2D eigenvalue weighted by Crippen LogP contribution is 2.32.